The largest absolute Gasteiger partial charge is 0.457 e. The number of aryl methyl sites for hydroxylation is 2. The smallest absolute Gasteiger partial charge is 0.141 e. The highest BCUT2D eigenvalue weighted by molar-refractivity contribution is 5.91. The maximum atomic E-state index is 9.12. The average molecular weight is 425 g/mol. The number of rotatable bonds is 7. The number of anilines is 2. The van der Waals surface area contributed by atoms with Gasteiger partial charge in [0.2, 0.25) is 0 Å². The number of hydrogen-bond acceptors (Lipinski definition) is 6. The van der Waals surface area contributed by atoms with E-state index in [9.17, 15) is 0 Å². The second-order valence-corrected chi connectivity index (χ2v) is 7.66. The Hall–Kier alpha value is -3.97. The zero-order valence-electron chi connectivity index (χ0n) is 17.7. The first-order valence-corrected chi connectivity index (χ1v) is 10.5. The van der Waals surface area contributed by atoms with Gasteiger partial charge in [-0.1, -0.05) is 6.07 Å². The Kier molecular flexibility index (Phi) is 5.39. The summed E-state index contributed by atoms with van der Waals surface area (Å²) in [5.41, 5.74) is 4.78. The molecule has 0 bridgehead atoms. The first kappa shape index (κ1) is 20.0. The summed E-state index contributed by atoms with van der Waals surface area (Å²) in [7, 11) is 0. The van der Waals surface area contributed by atoms with Gasteiger partial charge in [-0.15, -0.1) is 0 Å². The summed E-state index contributed by atoms with van der Waals surface area (Å²) in [4.78, 5) is 13.1. The van der Waals surface area contributed by atoms with E-state index < -0.39 is 0 Å². The van der Waals surface area contributed by atoms with Gasteiger partial charge in [-0.25, -0.2) is 15.0 Å². The molecule has 2 N–H and O–H groups in total. The van der Waals surface area contributed by atoms with Gasteiger partial charge in [-0.3, -0.25) is 0 Å². The van der Waals surface area contributed by atoms with Crippen LogP contribution in [0.3, 0.4) is 0 Å². The van der Waals surface area contributed by atoms with Gasteiger partial charge in [0, 0.05) is 42.3 Å². The fourth-order valence-electron chi connectivity index (χ4n) is 3.70. The molecule has 5 aromatic rings. The van der Waals surface area contributed by atoms with Crippen molar-refractivity contribution in [2.45, 2.75) is 19.8 Å². The molecule has 0 atom stereocenters. The van der Waals surface area contributed by atoms with E-state index in [-0.39, 0.29) is 6.61 Å². The molecule has 7 nitrogen and oxygen atoms in total. The lowest BCUT2D eigenvalue weighted by Crippen LogP contribution is -1.98. The van der Waals surface area contributed by atoms with Crippen LogP contribution in [0.25, 0.3) is 16.6 Å². The number of fused-ring (bicyclic) bond motifs is 2. The van der Waals surface area contributed by atoms with E-state index >= 15 is 0 Å². The Bertz CT molecular complexity index is 1400. The molecule has 0 fully saturated rings. The van der Waals surface area contributed by atoms with Crippen LogP contribution in [-0.4, -0.2) is 31.1 Å². The van der Waals surface area contributed by atoms with Gasteiger partial charge in [0.1, 0.15) is 29.3 Å². The molecular formula is C25H23N5O2. The molecular weight excluding hydrogens is 402 g/mol. The van der Waals surface area contributed by atoms with Crippen molar-refractivity contribution >= 4 is 28.1 Å². The number of nitrogens with zero attached hydrogens (tertiary/aromatic N) is 4. The van der Waals surface area contributed by atoms with Crippen molar-refractivity contribution in [2.24, 2.45) is 0 Å². The fraction of sp³-hybridized carbons (Fsp3) is 0.160. The predicted octanol–water partition coefficient (Wildman–Crippen LogP) is 5.05. The van der Waals surface area contributed by atoms with Gasteiger partial charge in [-0.2, -0.15) is 0 Å². The molecule has 0 aliphatic carbocycles. The number of nitrogens with one attached hydrogen (secondary N) is 1. The van der Waals surface area contributed by atoms with Crippen molar-refractivity contribution in [1.29, 1.82) is 0 Å². The zero-order valence-corrected chi connectivity index (χ0v) is 17.7. The SMILES string of the molecule is Cc1cc(Nc2ncnc3ccc(CCCO)cc23)ccc1Oc1ccn2ccnc2c1. The number of imidazole rings is 1. The van der Waals surface area contributed by atoms with Crippen LogP contribution in [-0.2, 0) is 6.42 Å². The number of aliphatic hydroxyl groups is 1. The fourth-order valence-corrected chi connectivity index (χ4v) is 3.70. The van der Waals surface area contributed by atoms with Crippen molar-refractivity contribution in [3.05, 3.63) is 84.6 Å². The molecule has 160 valence electrons. The molecule has 0 aliphatic heterocycles. The lowest BCUT2D eigenvalue weighted by Gasteiger charge is -2.13. The highest BCUT2D eigenvalue weighted by Crippen LogP contribution is 2.30. The molecule has 32 heavy (non-hydrogen) atoms. The monoisotopic (exact) mass is 425 g/mol. The van der Waals surface area contributed by atoms with E-state index in [1.165, 1.54) is 0 Å². The highest BCUT2D eigenvalue weighted by Gasteiger charge is 2.08. The van der Waals surface area contributed by atoms with Crippen molar-refractivity contribution < 1.29 is 9.84 Å². The first-order chi connectivity index (χ1) is 15.7. The molecule has 0 aliphatic rings. The van der Waals surface area contributed by atoms with E-state index in [0.717, 1.165) is 63.5 Å². The average Bonchev–Trinajstić information content (AvgIpc) is 3.28. The summed E-state index contributed by atoms with van der Waals surface area (Å²) in [6.07, 6.45) is 8.70. The summed E-state index contributed by atoms with van der Waals surface area (Å²) in [6, 6.07) is 15.9. The Morgan fingerprint density at radius 2 is 1.94 bits per heavy atom. The third-order valence-corrected chi connectivity index (χ3v) is 5.36. The Morgan fingerprint density at radius 1 is 1.00 bits per heavy atom. The van der Waals surface area contributed by atoms with Crippen LogP contribution in [0.15, 0.2) is 73.4 Å². The van der Waals surface area contributed by atoms with E-state index in [1.807, 2.05) is 66.2 Å². The minimum absolute atomic E-state index is 0.179. The highest BCUT2D eigenvalue weighted by atomic mass is 16.5. The van der Waals surface area contributed by atoms with Gasteiger partial charge >= 0.3 is 0 Å². The predicted molar refractivity (Wildman–Crippen MR) is 125 cm³/mol. The van der Waals surface area contributed by atoms with Crippen molar-refractivity contribution in [3.8, 4) is 11.5 Å². The van der Waals surface area contributed by atoms with Gasteiger partial charge < -0.3 is 19.6 Å². The Morgan fingerprint density at radius 3 is 2.81 bits per heavy atom. The number of aliphatic hydroxyl groups excluding tert-OH is 1. The number of ether oxygens (including phenoxy) is 1. The molecule has 3 aromatic heterocycles. The number of hydrogen-bond donors (Lipinski definition) is 2. The van der Waals surface area contributed by atoms with Crippen LogP contribution in [0.1, 0.15) is 17.5 Å². The van der Waals surface area contributed by atoms with E-state index in [2.05, 4.69) is 26.3 Å². The molecule has 0 spiro atoms. The van der Waals surface area contributed by atoms with Crippen LogP contribution in [0.2, 0.25) is 0 Å². The molecule has 0 saturated carbocycles. The summed E-state index contributed by atoms with van der Waals surface area (Å²) < 4.78 is 8.03. The number of pyridine rings is 1. The van der Waals surface area contributed by atoms with Crippen LogP contribution >= 0.6 is 0 Å². The number of benzene rings is 2. The quantitative estimate of drug-likeness (QED) is 0.380. The summed E-state index contributed by atoms with van der Waals surface area (Å²) in [6.45, 7) is 2.19. The molecule has 0 radical (unpaired) electrons. The van der Waals surface area contributed by atoms with Gasteiger partial charge in [0.05, 0.1) is 5.52 Å². The Labute approximate surface area is 185 Å². The second kappa shape index (κ2) is 8.64. The first-order valence-electron chi connectivity index (χ1n) is 10.5. The third kappa shape index (κ3) is 4.10. The summed E-state index contributed by atoms with van der Waals surface area (Å²) in [5.74, 6) is 2.27. The zero-order chi connectivity index (χ0) is 21.9. The molecule has 0 saturated heterocycles. The standard InChI is InChI=1S/C25H23N5O2/c1-17-13-19(5-7-23(17)32-20-8-10-30-11-9-26-24(30)15-20)29-25-21-14-18(3-2-12-31)4-6-22(21)27-16-28-25/h4-11,13-16,31H,2-3,12H2,1H3,(H,27,28,29). The van der Waals surface area contributed by atoms with Crippen LogP contribution in [0.4, 0.5) is 11.5 Å². The maximum Gasteiger partial charge on any atom is 0.141 e. The lowest BCUT2D eigenvalue weighted by atomic mass is 10.1. The molecule has 7 heteroatoms. The normalized spacial score (nSPS) is 11.2. The third-order valence-electron chi connectivity index (χ3n) is 5.36. The maximum absolute atomic E-state index is 9.12. The van der Waals surface area contributed by atoms with Crippen LogP contribution in [0, 0.1) is 6.92 Å². The topological polar surface area (TPSA) is 84.6 Å². The summed E-state index contributed by atoms with van der Waals surface area (Å²) >= 11 is 0. The summed E-state index contributed by atoms with van der Waals surface area (Å²) in [5, 5.41) is 13.5. The minimum Gasteiger partial charge on any atom is -0.457 e. The van der Waals surface area contributed by atoms with E-state index in [0.29, 0.717) is 0 Å². The Balaban J connectivity index is 1.38. The molecule has 5 rings (SSSR count). The molecule has 3 heterocycles. The van der Waals surface area contributed by atoms with Crippen molar-refractivity contribution in [1.82, 2.24) is 19.4 Å². The van der Waals surface area contributed by atoms with E-state index in [1.54, 1.807) is 12.5 Å². The molecule has 0 amide bonds. The van der Waals surface area contributed by atoms with Gasteiger partial charge in [0.25, 0.3) is 0 Å². The lowest BCUT2D eigenvalue weighted by molar-refractivity contribution is 0.288. The molecule has 2 aromatic carbocycles. The van der Waals surface area contributed by atoms with Crippen molar-refractivity contribution in [2.75, 3.05) is 11.9 Å². The van der Waals surface area contributed by atoms with Crippen LogP contribution < -0.4 is 10.1 Å². The van der Waals surface area contributed by atoms with E-state index in [4.69, 9.17) is 9.84 Å². The van der Waals surface area contributed by atoms with Crippen LogP contribution in [0.5, 0.6) is 11.5 Å². The number of aromatic nitrogens is 4. The second-order valence-electron chi connectivity index (χ2n) is 7.66. The van der Waals surface area contributed by atoms with Crippen molar-refractivity contribution in [3.63, 3.8) is 0 Å². The minimum atomic E-state index is 0.179. The van der Waals surface area contributed by atoms with Gasteiger partial charge in [-0.05, 0) is 67.3 Å². The molecule has 0 unspecified atom stereocenters. The van der Waals surface area contributed by atoms with Gasteiger partial charge in [0.15, 0.2) is 0 Å².